The Balaban J connectivity index is 1.91. The largest absolute Gasteiger partial charge is 0.337 e. The molecule has 1 aliphatic rings. The minimum absolute atomic E-state index is 0.0105. The second-order valence-corrected chi connectivity index (χ2v) is 9.12. The molecule has 2 aromatic rings. The third-order valence-electron chi connectivity index (χ3n) is 4.67. The van der Waals surface area contributed by atoms with Crippen LogP contribution in [0.5, 0.6) is 0 Å². The smallest absolute Gasteiger partial charge is 0.282 e. The van der Waals surface area contributed by atoms with Gasteiger partial charge < -0.3 is 4.90 Å². The van der Waals surface area contributed by atoms with Gasteiger partial charge in [-0.3, -0.25) is 14.9 Å². The van der Waals surface area contributed by atoms with Gasteiger partial charge in [0.05, 0.1) is 15.9 Å². The molecule has 1 heterocycles. The van der Waals surface area contributed by atoms with Gasteiger partial charge in [0.25, 0.3) is 11.6 Å². The molecule has 7 nitrogen and oxygen atoms in total. The Bertz CT molecular complexity index is 1040. The highest BCUT2D eigenvalue weighted by Crippen LogP contribution is 2.32. The molecule has 1 saturated heterocycles. The van der Waals surface area contributed by atoms with Crippen molar-refractivity contribution in [3.63, 3.8) is 0 Å². The van der Waals surface area contributed by atoms with E-state index in [-0.39, 0.29) is 41.4 Å². The van der Waals surface area contributed by atoms with Crippen LogP contribution in [0, 0.1) is 15.9 Å². The number of hydrogen-bond acceptors (Lipinski definition) is 5. The number of hydrogen-bond donors (Lipinski definition) is 0. The number of nitro benzene ring substituents is 1. The summed E-state index contributed by atoms with van der Waals surface area (Å²) in [6, 6.07) is 9.25. The van der Waals surface area contributed by atoms with E-state index in [1.165, 1.54) is 35.2 Å². The second-order valence-electron chi connectivity index (χ2n) is 6.38. The first-order valence-corrected chi connectivity index (χ1v) is 10.5. The molecule has 3 rings (SSSR count). The van der Waals surface area contributed by atoms with Crippen LogP contribution in [-0.2, 0) is 9.84 Å². The molecule has 0 radical (unpaired) electrons. The van der Waals surface area contributed by atoms with Crippen molar-refractivity contribution in [2.24, 2.45) is 0 Å². The fourth-order valence-corrected chi connectivity index (χ4v) is 5.22. The maximum atomic E-state index is 14.1. The first kappa shape index (κ1) is 20.2. The Morgan fingerprint density at radius 3 is 2.61 bits per heavy atom. The van der Waals surface area contributed by atoms with Crippen LogP contribution in [0.15, 0.2) is 42.5 Å². The molecule has 0 spiro atoms. The summed E-state index contributed by atoms with van der Waals surface area (Å²) < 4.78 is 39.4. The topological polar surface area (TPSA) is 97.6 Å². The standard InChI is InChI=1S/C18H16ClFN2O5S/c19-12-5-6-16(22(24)25)14(11-12)18(23)21-8-7-17(28(26,27)10-9-21)13-3-1-2-4-15(13)20/h1-6,11,17H,7-10H2. The van der Waals surface area contributed by atoms with E-state index in [2.05, 4.69) is 0 Å². The number of amides is 1. The van der Waals surface area contributed by atoms with E-state index in [1.807, 2.05) is 0 Å². The van der Waals surface area contributed by atoms with Gasteiger partial charge in [-0.1, -0.05) is 29.8 Å². The van der Waals surface area contributed by atoms with Crippen LogP contribution in [0.25, 0.3) is 0 Å². The second kappa shape index (κ2) is 7.84. The summed E-state index contributed by atoms with van der Waals surface area (Å²) in [5.41, 5.74) is -0.558. The zero-order valence-corrected chi connectivity index (χ0v) is 16.1. The summed E-state index contributed by atoms with van der Waals surface area (Å²) in [5.74, 6) is -1.67. The Morgan fingerprint density at radius 1 is 1.21 bits per heavy atom. The highest BCUT2D eigenvalue weighted by Gasteiger charge is 2.35. The van der Waals surface area contributed by atoms with E-state index in [1.54, 1.807) is 6.07 Å². The minimum atomic E-state index is -3.71. The zero-order chi connectivity index (χ0) is 20.5. The van der Waals surface area contributed by atoms with Gasteiger partial charge in [0.2, 0.25) is 0 Å². The van der Waals surface area contributed by atoms with Gasteiger partial charge in [0, 0.05) is 29.7 Å². The summed E-state index contributed by atoms with van der Waals surface area (Å²) in [7, 11) is -3.71. The van der Waals surface area contributed by atoms with Crippen molar-refractivity contribution in [1.82, 2.24) is 4.90 Å². The number of benzene rings is 2. The lowest BCUT2D eigenvalue weighted by Crippen LogP contribution is -2.34. The summed E-state index contributed by atoms with van der Waals surface area (Å²) in [6.07, 6.45) is -0.0105. The fraction of sp³-hybridized carbons (Fsp3) is 0.278. The number of rotatable bonds is 3. The van der Waals surface area contributed by atoms with Crippen LogP contribution >= 0.6 is 11.6 Å². The molecule has 1 unspecified atom stereocenters. The van der Waals surface area contributed by atoms with E-state index in [0.717, 1.165) is 6.07 Å². The highest BCUT2D eigenvalue weighted by atomic mass is 35.5. The molecule has 1 atom stereocenters. The molecular formula is C18H16ClFN2O5S. The SMILES string of the molecule is O=C(c1cc(Cl)ccc1[N+](=O)[O-])N1CCC(c2ccccc2F)S(=O)(=O)CC1. The first-order valence-electron chi connectivity index (χ1n) is 8.40. The molecule has 148 valence electrons. The van der Waals surface area contributed by atoms with Crippen molar-refractivity contribution < 1.29 is 22.5 Å². The normalized spacial score (nSPS) is 19.1. The lowest BCUT2D eigenvalue weighted by Gasteiger charge is -2.20. The Hall–Kier alpha value is -2.52. The molecule has 1 fully saturated rings. The van der Waals surface area contributed by atoms with E-state index in [0.29, 0.717) is 0 Å². The molecule has 0 aromatic heterocycles. The van der Waals surface area contributed by atoms with Crippen molar-refractivity contribution in [2.75, 3.05) is 18.8 Å². The minimum Gasteiger partial charge on any atom is -0.337 e. The molecule has 28 heavy (non-hydrogen) atoms. The molecule has 2 aromatic carbocycles. The molecule has 10 heteroatoms. The number of nitro groups is 1. The van der Waals surface area contributed by atoms with Crippen molar-refractivity contribution >= 4 is 33.0 Å². The van der Waals surface area contributed by atoms with Crippen LogP contribution < -0.4 is 0 Å². The van der Waals surface area contributed by atoms with Crippen molar-refractivity contribution in [3.05, 3.63) is 74.5 Å². The van der Waals surface area contributed by atoms with E-state index >= 15 is 0 Å². The number of sulfone groups is 1. The molecule has 1 amide bonds. The monoisotopic (exact) mass is 426 g/mol. The predicted molar refractivity (Wildman–Crippen MR) is 102 cm³/mol. The van der Waals surface area contributed by atoms with Gasteiger partial charge in [0.15, 0.2) is 9.84 Å². The summed E-state index contributed by atoms with van der Waals surface area (Å²) >= 11 is 5.87. The maximum Gasteiger partial charge on any atom is 0.282 e. The third kappa shape index (κ3) is 4.00. The average molecular weight is 427 g/mol. The molecule has 0 N–H and O–H groups in total. The van der Waals surface area contributed by atoms with Crippen LogP contribution in [0.2, 0.25) is 5.02 Å². The van der Waals surface area contributed by atoms with E-state index in [9.17, 15) is 27.7 Å². The van der Waals surface area contributed by atoms with Gasteiger partial charge >= 0.3 is 0 Å². The highest BCUT2D eigenvalue weighted by molar-refractivity contribution is 7.91. The third-order valence-corrected chi connectivity index (χ3v) is 7.01. The van der Waals surface area contributed by atoms with Gasteiger partial charge in [-0.2, -0.15) is 0 Å². The number of nitrogens with zero attached hydrogens (tertiary/aromatic N) is 2. The van der Waals surface area contributed by atoms with Crippen molar-refractivity contribution in [2.45, 2.75) is 11.7 Å². The lowest BCUT2D eigenvalue weighted by atomic mass is 10.1. The molecule has 1 aliphatic heterocycles. The quantitative estimate of drug-likeness (QED) is 0.553. The van der Waals surface area contributed by atoms with Crippen molar-refractivity contribution in [1.29, 1.82) is 0 Å². The number of carbonyl (C=O) groups is 1. The van der Waals surface area contributed by atoms with Crippen LogP contribution in [0.4, 0.5) is 10.1 Å². The average Bonchev–Trinajstić information content (AvgIpc) is 2.79. The summed E-state index contributed by atoms with van der Waals surface area (Å²) in [4.78, 5) is 24.6. The summed E-state index contributed by atoms with van der Waals surface area (Å²) in [5, 5.41) is 10.3. The molecule has 0 bridgehead atoms. The Morgan fingerprint density at radius 2 is 1.93 bits per heavy atom. The van der Waals surface area contributed by atoms with Crippen LogP contribution in [0.1, 0.15) is 27.6 Å². The van der Waals surface area contributed by atoms with Crippen LogP contribution in [0.3, 0.4) is 0 Å². The van der Waals surface area contributed by atoms with E-state index < -0.39 is 37.4 Å². The van der Waals surface area contributed by atoms with Gasteiger partial charge in [-0.15, -0.1) is 0 Å². The maximum absolute atomic E-state index is 14.1. The molecular weight excluding hydrogens is 411 g/mol. The van der Waals surface area contributed by atoms with Crippen molar-refractivity contribution in [3.8, 4) is 0 Å². The molecule has 0 aliphatic carbocycles. The fourth-order valence-electron chi connectivity index (χ4n) is 3.24. The number of carbonyl (C=O) groups excluding carboxylic acids is 1. The van der Waals surface area contributed by atoms with Gasteiger partial charge in [-0.25, -0.2) is 12.8 Å². The Kier molecular flexibility index (Phi) is 5.66. The van der Waals surface area contributed by atoms with Gasteiger partial charge in [0.1, 0.15) is 11.4 Å². The first-order chi connectivity index (χ1) is 13.2. The van der Waals surface area contributed by atoms with Crippen LogP contribution in [-0.4, -0.2) is 43.0 Å². The predicted octanol–water partition coefficient (Wildman–Crippen LogP) is 3.39. The Labute approximate surface area is 165 Å². The molecule has 0 saturated carbocycles. The van der Waals surface area contributed by atoms with E-state index in [4.69, 9.17) is 11.6 Å². The van der Waals surface area contributed by atoms with Gasteiger partial charge in [-0.05, 0) is 24.6 Å². The zero-order valence-electron chi connectivity index (χ0n) is 14.5. The summed E-state index contributed by atoms with van der Waals surface area (Å²) in [6.45, 7) is -0.128. The lowest BCUT2D eigenvalue weighted by molar-refractivity contribution is -0.385. The number of halogens is 2.